The second-order valence-corrected chi connectivity index (χ2v) is 7.45. The van der Waals surface area contributed by atoms with E-state index in [1.165, 1.54) is 0 Å². The number of amides is 1. The molecule has 0 unspecified atom stereocenters. The molecule has 1 amide bonds. The smallest absolute Gasteiger partial charge is 0.244 e. The van der Waals surface area contributed by atoms with Crippen LogP contribution < -0.4 is 15.5 Å². The molecule has 0 bridgehead atoms. The number of nitrogens with zero attached hydrogens (tertiary/aromatic N) is 6. The summed E-state index contributed by atoms with van der Waals surface area (Å²) in [5, 5.41) is 10.4. The van der Waals surface area contributed by atoms with Crippen LogP contribution in [-0.2, 0) is 17.9 Å². The summed E-state index contributed by atoms with van der Waals surface area (Å²) in [5.41, 5.74) is 2.38. The van der Waals surface area contributed by atoms with Crippen LogP contribution in [0.3, 0.4) is 0 Å². The average molecular weight is 396 g/mol. The van der Waals surface area contributed by atoms with Gasteiger partial charge in [0.25, 0.3) is 0 Å². The van der Waals surface area contributed by atoms with Gasteiger partial charge in [-0.25, -0.2) is 9.97 Å². The third kappa shape index (κ3) is 4.05. The number of hydrogen-bond acceptors (Lipinski definition) is 8. The number of carbonyl (C=O) groups excluding carboxylic acids is 1. The molecule has 1 aliphatic rings. The molecule has 0 saturated heterocycles. The number of aryl methyl sites for hydroxylation is 1. The van der Waals surface area contributed by atoms with Gasteiger partial charge in [0.1, 0.15) is 18.0 Å². The normalized spacial score (nSPS) is 13.6. The van der Waals surface area contributed by atoms with Gasteiger partial charge >= 0.3 is 0 Å². The molecule has 4 heterocycles. The zero-order valence-corrected chi connectivity index (χ0v) is 16.9. The second kappa shape index (κ2) is 7.53. The minimum absolute atomic E-state index is 0.0629. The highest BCUT2D eigenvalue weighted by molar-refractivity contribution is 6.00. The average Bonchev–Trinajstić information content (AvgIpc) is 3.31. The van der Waals surface area contributed by atoms with Gasteiger partial charge in [0.05, 0.1) is 24.6 Å². The Balaban J connectivity index is 1.41. The molecule has 4 rings (SSSR count). The maximum atomic E-state index is 11.7. The van der Waals surface area contributed by atoms with Crippen LogP contribution in [0.4, 0.5) is 17.5 Å². The molecule has 29 heavy (non-hydrogen) atoms. The molecular formula is C19H24N8O2. The van der Waals surface area contributed by atoms with Crippen molar-refractivity contribution in [2.24, 2.45) is 0 Å². The van der Waals surface area contributed by atoms with Crippen molar-refractivity contribution in [3.8, 4) is 0 Å². The summed E-state index contributed by atoms with van der Waals surface area (Å²) in [6.45, 7) is 7.27. The number of oxazole rings is 1. The van der Waals surface area contributed by atoms with E-state index in [-0.39, 0.29) is 18.4 Å². The number of fused-ring (bicyclic) bond motifs is 1. The van der Waals surface area contributed by atoms with E-state index >= 15 is 0 Å². The summed E-state index contributed by atoms with van der Waals surface area (Å²) in [5.74, 6) is 2.92. The number of hydrogen-bond donors (Lipinski definition) is 2. The Bertz CT molecular complexity index is 1040. The number of rotatable bonds is 6. The van der Waals surface area contributed by atoms with Crippen molar-refractivity contribution < 1.29 is 9.21 Å². The van der Waals surface area contributed by atoms with Crippen molar-refractivity contribution in [1.29, 1.82) is 0 Å². The first kappa shape index (κ1) is 18.9. The zero-order chi connectivity index (χ0) is 20.5. The van der Waals surface area contributed by atoms with E-state index in [0.717, 1.165) is 22.9 Å². The van der Waals surface area contributed by atoms with Crippen LogP contribution in [0.15, 0.2) is 23.0 Å². The van der Waals surface area contributed by atoms with E-state index in [4.69, 9.17) is 4.42 Å². The third-order valence-corrected chi connectivity index (χ3v) is 4.60. The number of aromatic nitrogens is 5. The van der Waals surface area contributed by atoms with Gasteiger partial charge in [-0.15, -0.1) is 0 Å². The van der Waals surface area contributed by atoms with Crippen LogP contribution in [0.1, 0.15) is 42.7 Å². The van der Waals surface area contributed by atoms with E-state index in [2.05, 4.69) is 30.7 Å². The van der Waals surface area contributed by atoms with Crippen molar-refractivity contribution in [2.45, 2.75) is 39.8 Å². The number of likely N-dealkylation sites (N-methyl/N-ethyl adjacent to an activating group) is 1. The fraction of sp³-hybridized carbons (Fsp3) is 0.421. The first-order valence-electron chi connectivity index (χ1n) is 9.48. The van der Waals surface area contributed by atoms with Crippen molar-refractivity contribution >= 4 is 23.4 Å². The highest BCUT2D eigenvalue weighted by Crippen LogP contribution is 2.29. The maximum Gasteiger partial charge on any atom is 0.244 e. The SMILES string of the molecule is Cc1nc(NCc2cnn(Cc3cnc(C(C)C)o3)c2)nc2c1NC(=O)CN2C. The summed E-state index contributed by atoms with van der Waals surface area (Å²) in [4.78, 5) is 26.8. The van der Waals surface area contributed by atoms with Crippen molar-refractivity contribution in [2.75, 3.05) is 29.1 Å². The van der Waals surface area contributed by atoms with E-state index in [9.17, 15) is 4.79 Å². The van der Waals surface area contributed by atoms with Crippen LogP contribution in [0.5, 0.6) is 0 Å². The van der Waals surface area contributed by atoms with E-state index < -0.39 is 0 Å². The number of carbonyl (C=O) groups is 1. The summed E-state index contributed by atoms with van der Waals surface area (Å²) >= 11 is 0. The van der Waals surface area contributed by atoms with Crippen LogP contribution >= 0.6 is 0 Å². The molecule has 10 heteroatoms. The Morgan fingerprint density at radius 2 is 2.14 bits per heavy atom. The molecule has 0 saturated carbocycles. The molecular weight excluding hydrogens is 372 g/mol. The Morgan fingerprint density at radius 3 is 2.90 bits per heavy atom. The van der Waals surface area contributed by atoms with Gasteiger partial charge in [0.2, 0.25) is 11.9 Å². The fourth-order valence-electron chi connectivity index (χ4n) is 3.12. The minimum Gasteiger partial charge on any atom is -0.443 e. The highest BCUT2D eigenvalue weighted by atomic mass is 16.4. The Morgan fingerprint density at radius 1 is 1.31 bits per heavy atom. The number of anilines is 3. The van der Waals surface area contributed by atoms with Gasteiger partial charge in [-0.05, 0) is 6.92 Å². The van der Waals surface area contributed by atoms with Gasteiger partial charge in [-0.2, -0.15) is 10.1 Å². The molecule has 1 aliphatic heterocycles. The lowest BCUT2D eigenvalue weighted by Gasteiger charge is -2.27. The molecule has 0 fully saturated rings. The predicted molar refractivity (Wildman–Crippen MR) is 108 cm³/mol. The van der Waals surface area contributed by atoms with Crippen LogP contribution in [0, 0.1) is 6.92 Å². The molecule has 0 aliphatic carbocycles. The van der Waals surface area contributed by atoms with Gasteiger partial charge in [-0.1, -0.05) is 13.8 Å². The lowest BCUT2D eigenvalue weighted by atomic mass is 10.2. The predicted octanol–water partition coefficient (Wildman–Crippen LogP) is 2.14. The first-order chi connectivity index (χ1) is 13.9. The van der Waals surface area contributed by atoms with Gasteiger partial charge in [-0.3, -0.25) is 9.48 Å². The summed E-state index contributed by atoms with van der Waals surface area (Å²) in [6.07, 6.45) is 5.49. The van der Waals surface area contributed by atoms with E-state index in [1.54, 1.807) is 12.4 Å². The van der Waals surface area contributed by atoms with Crippen LogP contribution in [0.25, 0.3) is 0 Å². The molecule has 10 nitrogen and oxygen atoms in total. The largest absolute Gasteiger partial charge is 0.443 e. The van der Waals surface area contributed by atoms with Crippen molar-refractivity contribution in [3.63, 3.8) is 0 Å². The summed E-state index contributed by atoms with van der Waals surface area (Å²) in [6, 6.07) is 0. The molecule has 152 valence electrons. The standard InChI is InChI=1S/C19H24N8O2/c1-11(2)18-20-7-14(29-18)9-27-8-13(6-22-27)5-21-19-23-12(3)16-17(25-19)26(4)10-15(28)24-16/h6-8,11H,5,9-10H2,1-4H3,(H,24,28)(H,21,23,25). The molecule has 0 atom stereocenters. The van der Waals surface area contributed by atoms with Crippen LogP contribution in [-0.4, -0.2) is 44.2 Å². The van der Waals surface area contributed by atoms with Crippen molar-refractivity contribution in [3.05, 3.63) is 41.5 Å². The monoisotopic (exact) mass is 396 g/mol. The number of nitrogens with one attached hydrogen (secondary N) is 2. The molecule has 0 radical (unpaired) electrons. The van der Waals surface area contributed by atoms with Gasteiger partial charge in [0.15, 0.2) is 11.7 Å². The molecule has 3 aromatic heterocycles. The molecule has 0 aromatic carbocycles. The zero-order valence-electron chi connectivity index (χ0n) is 16.9. The fourth-order valence-corrected chi connectivity index (χ4v) is 3.12. The van der Waals surface area contributed by atoms with Crippen molar-refractivity contribution in [1.82, 2.24) is 24.7 Å². The summed E-state index contributed by atoms with van der Waals surface area (Å²) < 4.78 is 7.54. The second-order valence-electron chi connectivity index (χ2n) is 7.45. The topological polar surface area (TPSA) is 114 Å². The third-order valence-electron chi connectivity index (χ3n) is 4.60. The van der Waals surface area contributed by atoms with Gasteiger partial charge < -0.3 is 20.0 Å². The Kier molecular flexibility index (Phi) is 4.91. The minimum atomic E-state index is -0.0629. The highest BCUT2D eigenvalue weighted by Gasteiger charge is 2.23. The Labute approximate surface area is 168 Å². The van der Waals surface area contributed by atoms with Gasteiger partial charge in [0, 0.05) is 31.3 Å². The summed E-state index contributed by atoms with van der Waals surface area (Å²) in [7, 11) is 1.84. The molecule has 2 N–H and O–H groups in total. The Hall–Kier alpha value is -3.43. The lowest BCUT2D eigenvalue weighted by molar-refractivity contribution is -0.115. The lowest BCUT2D eigenvalue weighted by Crippen LogP contribution is -2.36. The molecule has 0 spiro atoms. The van der Waals surface area contributed by atoms with E-state index in [0.29, 0.717) is 30.5 Å². The maximum absolute atomic E-state index is 11.7. The van der Waals surface area contributed by atoms with Crippen LogP contribution in [0.2, 0.25) is 0 Å². The first-order valence-corrected chi connectivity index (χ1v) is 9.48. The van der Waals surface area contributed by atoms with E-state index in [1.807, 2.05) is 43.6 Å². The molecule has 3 aromatic rings. The quantitative estimate of drug-likeness (QED) is 0.651.